The predicted molar refractivity (Wildman–Crippen MR) is 109 cm³/mol. The van der Waals surface area contributed by atoms with Gasteiger partial charge in [-0.3, -0.25) is 4.90 Å². The highest BCUT2D eigenvalue weighted by Gasteiger charge is 2.26. The minimum atomic E-state index is -3.68. The summed E-state index contributed by atoms with van der Waals surface area (Å²) in [6.07, 6.45) is 2.78. The minimum absolute atomic E-state index is 0.0194. The number of piperidine rings is 1. The highest BCUT2D eigenvalue weighted by molar-refractivity contribution is 7.89. The lowest BCUT2D eigenvalue weighted by Crippen LogP contribution is -2.47. The van der Waals surface area contributed by atoms with Crippen molar-refractivity contribution in [1.29, 1.82) is 0 Å². The van der Waals surface area contributed by atoms with E-state index in [1.54, 1.807) is 18.2 Å². The number of β-amino-alcohol motifs (C(OH)–C–C–N with tert-alkyl or cyclic N) is 1. The molecule has 0 aliphatic carbocycles. The third-order valence-corrected chi connectivity index (χ3v) is 7.16. The van der Waals surface area contributed by atoms with E-state index in [0.717, 1.165) is 24.8 Å². The van der Waals surface area contributed by atoms with Crippen LogP contribution in [-0.2, 0) is 10.0 Å². The maximum atomic E-state index is 12.8. The Bertz CT molecular complexity index is 863. The van der Waals surface area contributed by atoms with Crippen molar-refractivity contribution >= 4 is 20.8 Å². The number of aliphatic hydroxyl groups is 1. The molecular formula is C21H30N2O3S. The molecule has 0 radical (unpaired) electrons. The first-order valence-electron chi connectivity index (χ1n) is 9.80. The number of benzene rings is 2. The fourth-order valence-corrected chi connectivity index (χ4v) is 5.20. The van der Waals surface area contributed by atoms with Gasteiger partial charge in [-0.2, -0.15) is 0 Å². The molecule has 2 aromatic rings. The molecule has 0 amide bonds. The lowest BCUT2D eigenvalue weighted by Gasteiger charge is -2.38. The van der Waals surface area contributed by atoms with Crippen molar-refractivity contribution < 1.29 is 13.5 Å². The van der Waals surface area contributed by atoms with E-state index in [1.807, 2.05) is 24.3 Å². The lowest BCUT2D eigenvalue weighted by atomic mass is 9.91. The van der Waals surface area contributed by atoms with Crippen LogP contribution < -0.4 is 4.72 Å². The molecule has 0 spiro atoms. The van der Waals surface area contributed by atoms with E-state index in [9.17, 15) is 13.5 Å². The fraction of sp³-hybridized carbons (Fsp3) is 0.524. The highest BCUT2D eigenvalue weighted by atomic mass is 32.2. The number of sulfonamides is 1. The van der Waals surface area contributed by atoms with Gasteiger partial charge >= 0.3 is 0 Å². The Hall–Kier alpha value is -1.47. The van der Waals surface area contributed by atoms with Crippen LogP contribution in [0.2, 0.25) is 0 Å². The Morgan fingerprint density at radius 3 is 2.70 bits per heavy atom. The van der Waals surface area contributed by atoms with Crippen molar-refractivity contribution in [1.82, 2.24) is 9.62 Å². The van der Waals surface area contributed by atoms with Crippen molar-refractivity contribution in [2.75, 3.05) is 19.6 Å². The number of nitrogens with one attached hydrogen (secondary N) is 1. The molecule has 1 fully saturated rings. The summed E-state index contributed by atoms with van der Waals surface area (Å²) in [5.41, 5.74) is 0. The summed E-state index contributed by atoms with van der Waals surface area (Å²) in [7, 11) is -3.68. The molecule has 0 bridgehead atoms. The Labute approximate surface area is 162 Å². The SMILES string of the molecule is CCC1CCC(C)N(C[C@@H](O)CNS(=O)(=O)c2cccc3ccccc23)C1. The van der Waals surface area contributed by atoms with E-state index in [0.29, 0.717) is 23.9 Å². The molecule has 2 aromatic carbocycles. The second-order valence-electron chi connectivity index (χ2n) is 7.64. The van der Waals surface area contributed by atoms with Crippen LogP contribution in [0, 0.1) is 5.92 Å². The first-order chi connectivity index (χ1) is 12.9. The van der Waals surface area contributed by atoms with Gasteiger partial charge < -0.3 is 5.11 Å². The molecule has 0 aromatic heterocycles. The highest BCUT2D eigenvalue weighted by Crippen LogP contribution is 2.24. The van der Waals surface area contributed by atoms with Crippen molar-refractivity contribution in [2.24, 2.45) is 5.92 Å². The fourth-order valence-electron chi connectivity index (χ4n) is 3.90. The monoisotopic (exact) mass is 390 g/mol. The molecule has 27 heavy (non-hydrogen) atoms. The zero-order valence-corrected chi connectivity index (χ0v) is 17.0. The van der Waals surface area contributed by atoms with Gasteiger partial charge in [0.05, 0.1) is 11.0 Å². The maximum Gasteiger partial charge on any atom is 0.241 e. The van der Waals surface area contributed by atoms with Gasteiger partial charge in [0.25, 0.3) is 0 Å². The molecule has 3 atom stereocenters. The zero-order valence-electron chi connectivity index (χ0n) is 16.1. The van der Waals surface area contributed by atoms with E-state index in [2.05, 4.69) is 23.5 Å². The summed E-state index contributed by atoms with van der Waals surface area (Å²) in [4.78, 5) is 2.54. The average Bonchev–Trinajstić information content (AvgIpc) is 2.67. The number of aliphatic hydroxyl groups excluding tert-OH is 1. The van der Waals surface area contributed by atoms with Gasteiger partial charge in [0, 0.05) is 31.1 Å². The van der Waals surface area contributed by atoms with Gasteiger partial charge in [-0.15, -0.1) is 0 Å². The summed E-state index contributed by atoms with van der Waals surface area (Å²) in [6.45, 7) is 5.87. The lowest BCUT2D eigenvalue weighted by molar-refractivity contribution is 0.0551. The van der Waals surface area contributed by atoms with Crippen LogP contribution in [0.3, 0.4) is 0 Å². The van der Waals surface area contributed by atoms with Crippen LogP contribution in [0.25, 0.3) is 10.8 Å². The van der Waals surface area contributed by atoms with Gasteiger partial charge in [0.2, 0.25) is 10.0 Å². The largest absolute Gasteiger partial charge is 0.390 e. The molecule has 2 unspecified atom stereocenters. The molecule has 1 heterocycles. The van der Waals surface area contributed by atoms with Crippen LogP contribution in [-0.4, -0.2) is 50.2 Å². The molecule has 3 rings (SSSR count). The average molecular weight is 391 g/mol. The molecule has 0 saturated carbocycles. The molecule has 5 nitrogen and oxygen atoms in total. The van der Waals surface area contributed by atoms with Crippen molar-refractivity contribution in [2.45, 2.75) is 50.2 Å². The second kappa shape index (κ2) is 8.69. The third-order valence-electron chi connectivity index (χ3n) is 5.68. The van der Waals surface area contributed by atoms with E-state index in [-0.39, 0.29) is 11.4 Å². The molecule has 6 heteroatoms. The minimum Gasteiger partial charge on any atom is -0.390 e. The predicted octanol–water partition coefficient (Wildman–Crippen LogP) is 2.99. The normalized spacial score (nSPS) is 22.8. The number of likely N-dealkylation sites (tertiary alicyclic amines) is 1. The Morgan fingerprint density at radius 2 is 1.93 bits per heavy atom. The quantitative estimate of drug-likeness (QED) is 0.763. The summed E-state index contributed by atoms with van der Waals surface area (Å²) < 4.78 is 28.1. The summed E-state index contributed by atoms with van der Waals surface area (Å²) >= 11 is 0. The number of hydrogen-bond donors (Lipinski definition) is 2. The topological polar surface area (TPSA) is 69.6 Å². The van der Waals surface area contributed by atoms with Gasteiger partial charge in [0.15, 0.2) is 0 Å². The smallest absolute Gasteiger partial charge is 0.241 e. The summed E-state index contributed by atoms with van der Waals surface area (Å²) in [5, 5.41) is 12.0. The molecule has 2 N–H and O–H groups in total. The van der Waals surface area contributed by atoms with Gasteiger partial charge in [-0.25, -0.2) is 13.1 Å². The first kappa shape index (κ1) is 20.3. The van der Waals surface area contributed by atoms with Crippen LogP contribution in [0.4, 0.5) is 0 Å². The summed E-state index contributed by atoms with van der Waals surface area (Å²) in [5.74, 6) is 0.667. The molecule has 1 saturated heterocycles. The van der Waals surface area contributed by atoms with Gasteiger partial charge in [-0.05, 0) is 37.1 Å². The Balaban J connectivity index is 1.64. The van der Waals surface area contributed by atoms with E-state index < -0.39 is 16.1 Å². The van der Waals surface area contributed by atoms with Crippen LogP contribution in [0.5, 0.6) is 0 Å². The zero-order chi connectivity index (χ0) is 19.4. The van der Waals surface area contributed by atoms with Crippen LogP contribution >= 0.6 is 0 Å². The van der Waals surface area contributed by atoms with E-state index >= 15 is 0 Å². The molecule has 148 valence electrons. The first-order valence-corrected chi connectivity index (χ1v) is 11.3. The van der Waals surface area contributed by atoms with E-state index in [1.165, 1.54) is 6.42 Å². The molecular weight excluding hydrogens is 360 g/mol. The third kappa shape index (κ3) is 4.88. The van der Waals surface area contributed by atoms with Gasteiger partial charge in [-0.1, -0.05) is 49.7 Å². The van der Waals surface area contributed by atoms with Gasteiger partial charge in [0.1, 0.15) is 0 Å². The van der Waals surface area contributed by atoms with Crippen LogP contribution in [0.15, 0.2) is 47.4 Å². The molecule has 1 aliphatic rings. The van der Waals surface area contributed by atoms with Crippen LogP contribution in [0.1, 0.15) is 33.1 Å². The van der Waals surface area contributed by atoms with Crippen molar-refractivity contribution in [3.05, 3.63) is 42.5 Å². The standard InChI is InChI=1S/C21H30N2O3S/c1-3-17-12-11-16(2)23(14-17)15-19(24)13-22-27(25,26)21-10-6-8-18-7-4-5-9-20(18)21/h4-10,16-17,19,22,24H,3,11-15H2,1-2H3/t16?,17?,19-/m0/s1. The number of fused-ring (bicyclic) bond motifs is 1. The second-order valence-corrected chi connectivity index (χ2v) is 9.37. The Morgan fingerprint density at radius 1 is 1.19 bits per heavy atom. The summed E-state index contributed by atoms with van der Waals surface area (Å²) in [6, 6.07) is 13.1. The number of nitrogens with zero attached hydrogens (tertiary/aromatic N) is 1. The van der Waals surface area contributed by atoms with Crippen molar-refractivity contribution in [3.8, 4) is 0 Å². The maximum absolute atomic E-state index is 12.8. The number of rotatable bonds is 7. The molecule has 1 aliphatic heterocycles. The Kier molecular flexibility index (Phi) is 6.52. The van der Waals surface area contributed by atoms with E-state index in [4.69, 9.17) is 0 Å². The van der Waals surface area contributed by atoms with Crippen molar-refractivity contribution in [3.63, 3.8) is 0 Å². The number of hydrogen-bond acceptors (Lipinski definition) is 4.